The third-order valence-electron chi connectivity index (χ3n) is 4.18. The van der Waals surface area contributed by atoms with Crippen LogP contribution in [0.1, 0.15) is 50.7 Å². The second-order valence-corrected chi connectivity index (χ2v) is 6.99. The summed E-state index contributed by atoms with van der Waals surface area (Å²) in [5, 5.41) is 13.6. The molecule has 0 amide bonds. The molecule has 1 fully saturated rings. The van der Waals surface area contributed by atoms with Crippen LogP contribution in [0.3, 0.4) is 0 Å². The molecule has 1 saturated carbocycles. The first-order chi connectivity index (χ1) is 9.09. The number of hydrogen-bond acceptors (Lipinski definition) is 2. The average Bonchev–Trinajstić information content (AvgIpc) is 2.39. The molecule has 0 saturated heterocycles. The highest BCUT2D eigenvalue weighted by atomic mass is 79.9. The van der Waals surface area contributed by atoms with Gasteiger partial charge < -0.3 is 10.4 Å². The van der Waals surface area contributed by atoms with Crippen molar-refractivity contribution in [3.05, 3.63) is 34.3 Å². The van der Waals surface area contributed by atoms with Gasteiger partial charge in [0.15, 0.2) is 0 Å². The summed E-state index contributed by atoms with van der Waals surface area (Å²) in [5.74, 6) is 0. The van der Waals surface area contributed by atoms with Crippen LogP contribution < -0.4 is 5.32 Å². The molecule has 0 bridgehead atoms. The molecular formula is C16H24BrNO. The van der Waals surface area contributed by atoms with Crippen LogP contribution in [-0.2, 0) is 0 Å². The molecule has 0 spiro atoms. The third-order valence-corrected chi connectivity index (χ3v) is 4.68. The highest BCUT2D eigenvalue weighted by Crippen LogP contribution is 2.35. The second-order valence-electron chi connectivity index (χ2n) is 6.07. The van der Waals surface area contributed by atoms with Gasteiger partial charge in [0.1, 0.15) is 0 Å². The molecular weight excluding hydrogens is 302 g/mol. The molecule has 1 aliphatic carbocycles. The van der Waals surface area contributed by atoms with Gasteiger partial charge in [-0.15, -0.1) is 0 Å². The molecule has 1 aromatic carbocycles. The minimum Gasteiger partial charge on any atom is -0.387 e. The number of hydrogen-bond donors (Lipinski definition) is 2. The van der Waals surface area contributed by atoms with Crippen LogP contribution in [0.15, 0.2) is 28.7 Å². The topological polar surface area (TPSA) is 32.3 Å². The molecule has 106 valence electrons. The van der Waals surface area contributed by atoms with Crippen LogP contribution in [0, 0.1) is 5.41 Å². The van der Waals surface area contributed by atoms with Crippen LogP contribution >= 0.6 is 15.9 Å². The maximum absolute atomic E-state index is 10.2. The van der Waals surface area contributed by atoms with Crippen molar-refractivity contribution in [1.82, 2.24) is 5.32 Å². The van der Waals surface area contributed by atoms with Crippen molar-refractivity contribution < 1.29 is 5.11 Å². The lowest BCUT2D eigenvalue weighted by molar-refractivity contribution is 0.155. The maximum Gasteiger partial charge on any atom is 0.0914 e. The van der Waals surface area contributed by atoms with Crippen molar-refractivity contribution in [3.63, 3.8) is 0 Å². The zero-order chi connectivity index (χ0) is 13.7. The molecule has 0 aliphatic heterocycles. The standard InChI is InChI=1S/C16H24BrNO/c1-16(8-3-2-4-9-16)12-18-11-15(19)13-6-5-7-14(17)10-13/h5-7,10,15,18-19H,2-4,8-9,11-12H2,1H3. The van der Waals surface area contributed by atoms with Gasteiger partial charge in [0, 0.05) is 17.6 Å². The summed E-state index contributed by atoms with van der Waals surface area (Å²) < 4.78 is 1.02. The SMILES string of the molecule is CC1(CNCC(O)c2cccc(Br)c2)CCCCC1. The van der Waals surface area contributed by atoms with E-state index in [4.69, 9.17) is 0 Å². The molecule has 0 heterocycles. The summed E-state index contributed by atoms with van der Waals surface area (Å²) in [6, 6.07) is 7.89. The Morgan fingerprint density at radius 1 is 1.32 bits per heavy atom. The minimum absolute atomic E-state index is 0.426. The molecule has 1 unspecified atom stereocenters. The summed E-state index contributed by atoms with van der Waals surface area (Å²) in [5.41, 5.74) is 1.39. The van der Waals surface area contributed by atoms with Gasteiger partial charge >= 0.3 is 0 Å². The van der Waals surface area contributed by atoms with E-state index in [2.05, 4.69) is 28.2 Å². The van der Waals surface area contributed by atoms with Gasteiger partial charge in [-0.2, -0.15) is 0 Å². The van der Waals surface area contributed by atoms with E-state index in [0.29, 0.717) is 12.0 Å². The first-order valence-electron chi connectivity index (χ1n) is 7.23. The van der Waals surface area contributed by atoms with Crippen LogP contribution in [0.4, 0.5) is 0 Å². The van der Waals surface area contributed by atoms with Gasteiger partial charge in [-0.3, -0.25) is 0 Å². The number of benzene rings is 1. The Morgan fingerprint density at radius 2 is 2.05 bits per heavy atom. The fourth-order valence-electron chi connectivity index (χ4n) is 2.92. The van der Waals surface area contributed by atoms with Crippen molar-refractivity contribution in [2.24, 2.45) is 5.41 Å². The Balaban J connectivity index is 1.79. The Morgan fingerprint density at radius 3 is 2.74 bits per heavy atom. The Kier molecular flexibility index (Phi) is 5.43. The van der Waals surface area contributed by atoms with Gasteiger partial charge in [-0.25, -0.2) is 0 Å². The molecule has 2 N–H and O–H groups in total. The number of halogens is 1. The predicted octanol–water partition coefficient (Wildman–Crippen LogP) is 4.04. The van der Waals surface area contributed by atoms with E-state index in [1.165, 1.54) is 32.1 Å². The summed E-state index contributed by atoms with van der Waals surface area (Å²) >= 11 is 3.44. The lowest BCUT2D eigenvalue weighted by atomic mass is 9.76. The molecule has 0 aromatic heterocycles. The Hall–Kier alpha value is -0.380. The molecule has 2 nitrogen and oxygen atoms in total. The van der Waals surface area contributed by atoms with Gasteiger partial charge in [0.25, 0.3) is 0 Å². The van der Waals surface area contributed by atoms with E-state index in [1.807, 2.05) is 24.3 Å². The molecule has 3 heteroatoms. The van der Waals surface area contributed by atoms with Crippen molar-refractivity contribution >= 4 is 15.9 Å². The highest BCUT2D eigenvalue weighted by molar-refractivity contribution is 9.10. The van der Waals surface area contributed by atoms with E-state index in [1.54, 1.807) is 0 Å². The minimum atomic E-state index is -0.426. The smallest absolute Gasteiger partial charge is 0.0914 e. The summed E-state index contributed by atoms with van der Waals surface area (Å²) in [6.07, 6.45) is 6.29. The summed E-state index contributed by atoms with van der Waals surface area (Å²) in [6.45, 7) is 4.01. The quantitative estimate of drug-likeness (QED) is 0.856. The molecule has 1 aliphatic rings. The van der Waals surface area contributed by atoms with Crippen LogP contribution in [-0.4, -0.2) is 18.2 Å². The zero-order valence-corrected chi connectivity index (χ0v) is 13.2. The number of aliphatic hydroxyl groups excluding tert-OH is 1. The predicted molar refractivity (Wildman–Crippen MR) is 83.2 cm³/mol. The molecule has 1 aromatic rings. The van der Waals surface area contributed by atoms with Crippen LogP contribution in [0.2, 0.25) is 0 Å². The van der Waals surface area contributed by atoms with Gasteiger partial charge in [0.05, 0.1) is 6.10 Å². The number of nitrogens with one attached hydrogen (secondary N) is 1. The van der Waals surface area contributed by atoms with E-state index >= 15 is 0 Å². The summed E-state index contributed by atoms with van der Waals surface area (Å²) in [7, 11) is 0. The molecule has 0 radical (unpaired) electrons. The lowest BCUT2D eigenvalue weighted by Gasteiger charge is -2.34. The second kappa shape index (κ2) is 6.87. The van der Waals surface area contributed by atoms with Crippen molar-refractivity contribution in [3.8, 4) is 0 Å². The summed E-state index contributed by atoms with van der Waals surface area (Å²) in [4.78, 5) is 0. The third kappa shape index (κ3) is 4.59. The van der Waals surface area contributed by atoms with E-state index in [9.17, 15) is 5.11 Å². The Labute approximate surface area is 124 Å². The highest BCUT2D eigenvalue weighted by Gasteiger charge is 2.26. The van der Waals surface area contributed by atoms with E-state index in [-0.39, 0.29) is 0 Å². The maximum atomic E-state index is 10.2. The molecule has 19 heavy (non-hydrogen) atoms. The monoisotopic (exact) mass is 325 g/mol. The van der Waals surface area contributed by atoms with E-state index in [0.717, 1.165) is 16.6 Å². The van der Waals surface area contributed by atoms with Crippen LogP contribution in [0.25, 0.3) is 0 Å². The van der Waals surface area contributed by atoms with Crippen LogP contribution in [0.5, 0.6) is 0 Å². The van der Waals surface area contributed by atoms with Crippen molar-refractivity contribution in [2.45, 2.75) is 45.1 Å². The van der Waals surface area contributed by atoms with Gasteiger partial charge in [-0.1, -0.05) is 54.2 Å². The lowest BCUT2D eigenvalue weighted by Crippen LogP contribution is -2.35. The fourth-order valence-corrected chi connectivity index (χ4v) is 3.34. The van der Waals surface area contributed by atoms with Gasteiger partial charge in [-0.05, 0) is 36.0 Å². The average molecular weight is 326 g/mol. The first kappa shape index (κ1) is 15.0. The normalized spacial score (nSPS) is 20.2. The molecule has 1 atom stereocenters. The van der Waals surface area contributed by atoms with E-state index < -0.39 is 6.10 Å². The fraction of sp³-hybridized carbons (Fsp3) is 0.625. The largest absolute Gasteiger partial charge is 0.387 e. The van der Waals surface area contributed by atoms with Crippen molar-refractivity contribution in [2.75, 3.05) is 13.1 Å². The number of aliphatic hydroxyl groups is 1. The number of rotatable bonds is 5. The molecule has 2 rings (SSSR count). The van der Waals surface area contributed by atoms with Crippen molar-refractivity contribution in [1.29, 1.82) is 0 Å². The zero-order valence-electron chi connectivity index (χ0n) is 11.7. The Bertz CT molecular complexity index is 401. The first-order valence-corrected chi connectivity index (χ1v) is 8.03. The van der Waals surface area contributed by atoms with Gasteiger partial charge in [0.2, 0.25) is 0 Å².